The number of aromatic nitrogens is 1. The Kier molecular flexibility index (Phi) is 3.97. The molecule has 23 heavy (non-hydrogen) atoms. The molecule has 1 aromatic heterocycles. The van der Waals surface area contributed by atoms with E-state index in [1.165, 1.54) is 0 Å². The Hall–Kier alpha value is -2.89. The molecule has 0 unspecified atom stereocenters. The molecule has 3 rings (SSSR count). The molecule has 116 valence electrons. The van der Waals surface area contributed by atoms with Crippen LogP contribution in [-0.2, 0) is 6.54 Å². The summed E-state index contributed by atoms with van der Waals surface area (Å²) in [6.45, 7) is -0.445. The van der Waals surface area contributed by atoms with E-state index in [-0.39, 0.29) is 0 Å². The number of nitrogens with one attached hydrogen (secondary N) is 1. The Morgan fingerprint density at radius 2 is 1.83 bits per heavy atom. The molecule has 0 saturated carbocycles. The summed E-state index contributed by atoms with van der Waals surface area (Å²) in [5.74, 6) is -3.88. The van der Waals surface area contributed by atoms with Crippen molar-refractivity contribution < 1.29 is 18.0 Å². The molecule has 0 radical (unpaired) electrons. The molecule has 3 aromatic rings. The van der Waals surface area contributed by atoms with Crippen molar-refractivity contribution in [3.8, 4) is 0 Å². The monoisotopic (exact) mass is 316 g/mol. The number of carbonyl (C=O) groups is 1. The van der Waals surface area contributed by atoms with Gasteiger partial charge in [-0.3, -0.25) is 9.78 Å². The van der Waals surface area contributed by atoms with Crippen LogP contribution in [0.4, 0.5) is 13.2 Å². The number of amides is 1. The number of carbonyl (C=O) groups excluding carboxylic acids is 1. The van der Waals surface area contributed by atoms with Crippen molar-refractivity contribution in [2.75, 3.05) is 0 Å². The molecule has 3 nitrogen and oxygen atoms in total. The number of benzene rings is 2. The summed E-state index contributed by atoms with van der Waals surface area (Å²) < 4.78 is 40.2. The highest BCUT2D eigenvalue weighted by molar-refractivity contribution is 5.97. The lowest BCUT2D eigenvalue weighted by atomic mass is 10.1. The van der Waals surface area contributed by atoms with E-state index in [1.807, 2.05) is 0 Å². The first-order valence-corrected chi connectivity index (χ1v) is 6.81. The van der Waals surface area contributed by atoms with Crippen LogP contribution in [0.15, 0.2) is 48.7 Å². The van der Waals surface area contributed by atoms with Crippen molar-refractivity contribution in [2.45, 2.75) is 6.54 Å². The summed E-state index contributed by atoms with van der Waals surface area (Å²) in [6, 6.07) is 9.91. The van der Waals surface area contributed by atoms with E-state index >= 15 is 0 Å². The van der Waals surface area contributed by atoms with Crippen LogP contribution in [0, 0.1) is 17.5 Å². The molecule has 0 fully saturated rings. The first-order chi connectivity index (χ1) is 11.1. The molecule has 0 saturated heterocycles. The lowest BCUT2D eigenvalue weighted by Crippen LogP contribution is -2.24. The van der Waals surface area contributed by atoms with Crippen LogP contribution in [0.5, 0.6) is 0 Å². The van der Waals surface area contributed by atoms with E-state index in [9.17, 15) is 18.0 Å². The first-order valence-electron chi connectivity index (χ1n) is 6.81. The van der Waals surface area contributed by atoms with Crippen LogP contribution in [-0.4, -0.2) is 10.9 Å². The van der Waals surface area contributed by atoms with Crippen molar-refractivity contribution in [1.29, 1.82) is 0 Å². The van der Waals surface area contributed by atoms with Crippen molar-refractivity contribution in [3.05, 3.63) is 77.2 Å². The van der Waals surface area contributed by atoms with Crippen LogP contribution in [0.25, 0.3) is 10.9 Å². The Morgan fingerprint density at radius 1 is 1.04 bits per heavy atom. The molecule has 0 aliphatic rings. The third kappa shape index (κ3) is 3.01. The highest BCUT2D eigenvalue weighted by Crippen LogP contribution is 2.16. The van der Waals surface area contributed by atoms with Gasteiger partial charge < -0.3 is 5.32 Å². The summed E-state index contributed by atoms with van der Waals surface area (Å²) in [5, 5.41) is 3.15. The fourth-order valence-corrected chi connectivity index (χ4v) is 2.22. The molecular formula is C17H11F3N2O. The van der Waals surface area contributed by atoms with E-state index < -0.39 is 35.5 Å². The zero-order chi connectivity index (χ0) is 16.4. The molecule has 6 heteroatoms. The highest BCUT2D eigenvalue weighted by Gasteiger charge is 2.15. The summed E-state index contributed by atoms with van der Waals surface area (Å²) in [5.41, 5.74) is 0.537. The van der Waals surface area contributed by atoms with Gasteiger partial charge in [-0.1, -0.05) is 6.07 Å². The highest BCUT2D eigenvalue weighted by atomic mass is 19.2. The summed E-state index contributed by atoms with van der Waals surface area (Å²) in [6.07, 6.45) is 1.64. The Bertz CT molecular complexity index is 896. The van der Waals surface area contributed by atoms with Crippen LogP contribution in [0.2, 0.25) is 0 Å². The lowest BCUT2D eigenvalue weighted by molar-refractivity contribution is 0.0950. The number of rotatable bonds is 3. The topological polar surface area (TPSA) is 42.0 Å². The molecular weight excluding hydrogens is 305 g/mol. The molecule has 0 aliphatic heterocycles. The van der Waals surface area contributed by atoms with Crippen LogP contribution < -0.4 is 5.32 Å². The fraction of sp³-hybridized carbons (Fsp3) is 0.0588. The van der Waals surface area contributed by atoms with Crippen LogP contribution in [0.1, 0.15) is 15.9 Å². The summed E-state index contributed by atoms with van der Waals surface area (Å²) in [4.78, 5) is 16.2. The minimum Gasteiger partial charge on any atom is -0.348 e. The molecule has 2 aromatic carbocycles. The van der Waals surface area contributed by atoms with Gasteiger partial charge in [0.15, 0.2) is 11.6 Å². The van der Waals surface area contributed by atoms with E-state index in [0.717, 1.165) is 17.0 Å². The smallest absolute Gasteiger partial charge is 0.251 e. The van der Waals surface area contributed by atoms with E-state index in [2.05, 4.69) is 10.3 Å². The average molecular weight is 316 g/mol. The van der Waals surface area contributed by atoms with E-state index in [0.29, 0.717) is 11.6 Å². The van der Waals surface area contributed by atoms with Crippen LogP contribution >= 0.6 is 0 Å². The number of hydrogen-bond acceptors (Lipinski definition) is 2. The third-order valence-electron chi connectivity index (χ3n) is 3.43. The maximum atomic E-state index is 13.5. The number of nitrogens with zero attached hydrogens (tertiary/aromatic N) is 1. The molecule has 0 atom stereocenters. The molecule has 0 spiro atoms. The Labute approximate surface area is 129 Å². The van der Waals surface area contributed by atoms with Gasteiger partial charge in [-0.2, -0.15) is 0 Å². The number of pyridine rings is 1. The molecule has 0 bridgehead atoms. The Balaban J connectivity index is 1.80. The van der Waals surface area contributed by atoms with Crippen molar-refractivity contribution in [1.82, 2.24) is 10.3 Å². The van der Waals surface area contributed by atoms with Crippen molar-refractivity contribution in [3.63, 3.8) is 0 Å². The van der Waals surface area contributed by atoms with Gasteiger partial charge in [0.1, 0.15) is 5.82 Å². The van der Waals surface area contributed by atoms with E-state index in [4.69, 9.17) is 0 Å². The molecule has 1 N–H and O–H groups in total. The first kappa shape index (κ1) is 15.0. The minimum atomic E-state index is -1.30. The predicted molar refractivity (Wildman–Crippen MR) is 79.2 cm³/mol. The van der Waals surface area contributed by atoms with Crippen molar-refractivity contribution in [2.24, 2.45) is 0 Å². The quantitative estimate of drug-likeness (QED) is 0.751. The van der Waals surface area contributed by atoms with Gasteiger partial charge in [0.25, 0.3) is 5.91 Å². The largest absolute Gasteiger partial charge is 0.348 e. The Morgan fingerprint density at radius 3 is 2.65 bits per heavy atom. The van der Waals surface area contributed by atoms with Gasteiger partial charge >= 0.3 is 0 Å². The molecule has 1 heterocycles. The zero-order valence-electron chi connectivity index (χ0n) is 11.8. The second-order valence-electron chi connectivity index (χ2n) is 4.92. The SMILES string of the molecule is O=C(NCc1c(F)ccc(F)c1F)c1ccc2ncccc2c1. The second kappa shape index (κ2) is 6.08. The van der Waals surface area contributed by atoms with Gasteiger partial charge in [0.05, 0.1) is 5.52 Å². The maximum absolute atomic E-state index is 13.5. The van der Waals surface area contributed by atoms with Crippen LogP contribution in [0.3, 0.4) is 0 Å². The zero-order valence-corrected chi connectivity index (χ0v) is 11.8. The number of halogens is 3. The lowest BCUT2D eigenvalue weighted by Gasteiger charge is -2.08. The van der Waals surface area contributed by atoms with Crippen molar-refractivity contribution >= 4 is 16.8 Å². The third-order valence-corrected chi connectivity index (χ3v) is 3.43. The van der Waals surface area contributed by atoms with Gasteiger partial charge in [-0.15, -0.1) is 0 Å². The van der Waals surface area contributed by atoms with Gasteiger partial charge in [-0.05, 0) is 36.4 Å². The second-order valence-corrected chi connectivity index (χ2v) is 4.92. The van der Waals surface area contributed by atoms with Gasteiger partial charge in [0.2, 0.25) is 0 Å². The maximum Gasteiger partial charge on any atom is 0.251 e. The fourth-order valence-electron chi connectivity index (χ4n) is 2.22. The normalized spacial score (nSPS) is 10.7. The van der Waals surface area contributed by atoms with E-state index in [1.54, 1.807) is 36.5 Å². The average Bonchev–Trinajstić information content (AvgIpc) is 2.57. The van der Waals surface area contributed by atoms with Gasteiger partial charge in [-0.25, -0.2) is 13.2 Å². The molecule has 0 aliphatic carbocycles. The summed E-state index contributed by atoms with van der Waals surface area (Å²) in [7, 11) is 0. The number of fused-ring (bicyclic) bond motifs is 1. The molecule has 1 amide bonds. The standard InChI is InChI=1S/C17H11F3N2O/c18-13-4-5-14(19)16(20)12(13)9-22-17(23)11-3-6-15-10(8-11)2-1-7-21-15/h1-8H,9H2,(H,22,23). The minimum absolute atomic E-state index is 0.322. The predicted octanol–water partition coefficient (Wildman–Crippen LogP) is 3.58. The van der Waals surface area contributed by atoms with Gasteiger partial charge in [0, 0.05) is 29.3 Å². The number of hydrogen-bond donors (Lipinski definition) is 1. The summed E-state index contributed by atoms with van der Waals surface area (Å²) >= 11 is 0.